The van der Waals surface area contributed by atoms with Gasteiger partial charge in [-0.25, -0.2) is 4.98 Å². The van der Waals surface area contributed by atoms with Crippen molar-refractivity contribution in [1.82, 2.24) is 4.98 Å². The van der Waals surface area contributed by atoms with E-state index in [9.17, 15) is 0 Å². The molecule has 0 radical (unpaired) electrons. The Kier molecular flexibility index (Phi) is 6.40. The Morgan fingerprint density at radius 3 is 2.88 bits per heavy atom. The maximum absolute atomic E-state index is 5.17. The molecule has 0 aliphatic rings. The number of rotatable bonds is 8. The first-order valence-corrected chi connectivity index (χ1v) is 6.25. The molecule has 0 saturated carbocycles. The fourth-order valence-electron chi connectivity index (χ4n) is 1.57. The lowest BCUT2D eigenvalue weighted by Crippen LogP contribution is -2.23. The summed E-state index contributed by atoms with van der Waals surface area (Å²) in [5, 5.41) is 6.72. The van der Waals surface area contributed by atoms with Crippen LogP contribution < -0.4 is 10.6 Å². The standard InChI is InChI=1S/C13H23N3O/c1-4-7-14-13-9-12(6-8-15-13)16-11(5-2)10-17-3/h6,8-9,11H,4-5,7,10H2,1-3H3,(H2,14,15,16). The quantitative estimate of drug-likeness (QED) is 0.730. The summed E-state index contributed by atoms with van der Waals surface area (Å²) in [5.41, 5.74) is 1.09. The van der Waals surface area contributed by atoms with E-state index in [0.29, 0.717) is 6.04 Å². The third-order valence-electron chi connectivity index (χ3n) is 2.55. The Balaban J connectivity index is 2.57. The van der Waals surface area contributed by atoms with Crippen molar-refractivity contribution in [2.75, 3.05) is 30.9 Å². The zero-order chi connectivity index (χ0) is 12.5. The van der Waals surface area contributed by atoms with Crippen LogP contribution in [0.15, 0.2) is 18.3 Å². The molecule has 0 saturated heterocycles. The highest BCUT2D eigenvalue weighted by Gasteiger charge is 2.05. The van der Waals surface area contributed by atoms with Gasteiger partial charge < -0.3 is 15.4 Å². The van der Waals surface area contributed by atoms with Gasteiger partial charge in [0.2, 0.25) is 0 Å². The van der Waals surface area contributed by atoms with E-state index in [1.807, 2.05) is 18.3 Å². The van der Waals surface area contributed by atoms with E-state index in [0.717, 1.165) is 37.5 Å². The number of methoxy groups -OCH3 is 1. The van der Waals surface area contributed by atoms with Gasteiger partial charge in [-0.15, -0.1) is 0 Å². The first-order valence-electron chi connectivity index (χ1n) is 6.25. The molecule has 2 N–H and O–H groups in total. The highest BCUT2D eigenvalue weighted by atomic mass is 16.5. The predicted molar refractivity (Wildman–Crippen MR) is 72.6 cm³/mol. The monoisotopic (exact) mass is 237 g/mol. The molecule has 1 aromatic heterocycles. The summed E-state index contributed by atoms with van der Waals surface area (Å²) in [5.74, 6) is 0.920. The summed E-state index contributed by atoms with van der Waals surface area (Å²) in [6.45, 7) is 5.96. The topological polar surface area (TPSA) is 46.2 Å². The number of aromatic nitrogens is 1. The van der Waals surface area contributed by atoms with E-state index in [-0.39, 0.29) is 0 Å². The second kappa shape index (κ2) is 7.90. The fourth-order valence-corrected chi connectivity index (χ4v) is 1.57. The molecule has 0 aliphatic heterocycles. The number of nitrogens with zero attached hydrogens (tertiary/aromatic N) is 1. The predicted octanol–water partition coefficient (Wildman–Crippen LogP) is 2.74. The first-order chi connectivity index (χ1) is 8.30. The number of nitrogens with one attached hydrogen (secondary N) is 2. The second-order valence-electron chi connectivity index (χ2n) is 4.06. The van der Waals surface area contributed by atoms with Gasteiger partial charge in [-0.1, -0.05) is 13.8 Å². The Morgan fingerprint density at radius 2 is 2.24 bits per heavy atom. The molecule has 0 aliphatic carbocycles. The number of hydrogen-bond acceptors (Lipinski definition) is 4. The molecule has 4 nitrogen and oxygen atoms in total. The van der Waals surface area contributed by atoms with Crippen molar-refractivity contribution in [1.29, 1.82) is 0 Å². The maximum Gasteiger partial charge on any atom is 0.127 e. The molecule has 0 aromatic carbocycles. The smallest absolute Gasteiger partial charge is 0.127 e. The summed E-state index contributed by atoms with van der Waals surface area (Å²) in [4.78, 5) is 4.27. The van der Waals surface area contributed by atoms with Crippen molar-refractivity contribution in [3.05, 3.63) is 18.3 Å². The lowest BCUT2D eigenvalue weighted by Gasteiger charge is -2.17. The van der Waals surface area contributed by atoms with Crippen LogP contribution >= 0.6 is 0 Å². The largest absolute Gasteiger partial charge is 0.383 e. The molecule has 1 heterocycles. The SMILES string of the molecule is CCCNc1cc(NC(CC)COC)ccn1. The minimum atomic E-state index is 0.349. The van der Waals surface area contributed by atoms with E-state index in [1.54, 1.807) is 7.11 Å². The van der Waals surface area contributed by atoms with Crippen molar-refractivity contribution < 1.29 is 4.74 Å². The fraction of sp³-hybridized carbons (Fsp3) is 0.615. The number of hydrogen-bond donors (Lipinski definition) is 2. The number of ether oxygens (including phenoxy) is 1. The maximum atomic E-state index is 5.17. The second-order valence-corrected chi connectivity index (χ2v) is 4.06. The molecule has 4 heteroatoms. The van der Waals surface area contributed by atoms with Gasteiger partial charge in [0.05, 0.1) is 6.61 Å². The zero-order valence-electron chi connectivity index (χ0n) is 11.0. The summed E-state index contributed by atoms with van der Waals surface area (Å²) < 4.78 is 5.17. The molecule has 17 heavy (non-hydrogen) atoms. The molecule has 0 fully saturated rings. The average molecular weight is 237 g/mol. The number of anilines is 2. The third kappa shape index (κ3) is 5.04. The third-order valence-corrected chi connectivity index (χ3v) is 2.55. The van der Waals surface area contributed by atoms with Crippen LogP contribution in [-0.2, 0) is 4.74 Å². The van der Waals surface area contributed by atoms with Gasteiger partial charge in [0.25, 0.3) is 0 Å². The summed E-state index contributed by atoms with van der Waals surface area (Å²) in [7, 11) is 1.73. The minimum absolute atomic E-state index is 0.349. The lowest BCUT2D eigenvalue weighted by molar-refractivity contribution is 0.184. The zero-order valence-corrected chi connectivity index (χ0v) is 11.0. The van der Waals surface area contributed by atoms with Crippen molar-refractivity contribution in [2.45, 2.75) is 32.7 Å². The molecule has 1 unspecified atom stereocenters. The van der Waals surface area contributed by atoms with E-state index in [2.05, 4.69) is 29.5 Å². The van der Waals surface area contributed by atoms with Crippen molar-refractivity contribution in [3.8, 4) is 0 Å². The Labute approximate surface area is 104 Å². The molecular weight excluding hydrogens is 214 g/mol. The highest BCUT2D eigenvalue weighted by Crippen LogP contribution is 2.14. The Hall–Kier alpha value is -1.29. The van der Waals surface area contributed by atoms with Crippen LogP contribution in [0.3, 0.4) is 0 Å². The van der Waals surface area contributed by atoms with Crippen LogP contribution in [0, 0.1) is 0 Å². The van der Waals surface area contributed by atoms with Crippen molar-refractivity contribution in [3.63, 3.8) is 0 Å². The van der Waals surface area contributed by atoms with Crippen LogP contribution in [0.5, 0.6) is 0 Å². The van der Waals surface area contributed by atoms with Gasteiger partial charge in [-0.05, 0) is 18.9 Å². The Bertz CT molecular complexity index is 317. The van der Waals surface area contributed by atoms with Crippen molar-refractivity contribution >= 4 is 11.5 Å². The lowest BCUT2D eigenvalue weighted by atomic mass is 10.2. The molecule has 1 aromatic rings. The van der Waals surface area contributed by atoms with E-state index < -0.39 is 0 Å². The van der Waals surface area contributed by atoms with Crippen LogP contribution in [-0.4, -0.2) is 31.3 Å². The molecule has 0 amide bonds. The summed E-state index contributed by atoms with van der Waals surface area (Å²) in [6, 6.07) is 4.37. The van der Waals surface area contributed by atoms with Gasteiger partial charge in [-0.3, -0.25) is 0 Å². The van der Waals surface area contributed by atoms with E-state index in [4.69, 9.17) is 4.74 Å². The van der Waals surface area contributed by atoms with Crippen LogP contribution in [0.4, 0.5) is 11.5 Å². The van der Waals surface area contributed by atoms with E-state index in [1.165, 1.54) is 0 Å². The van der Waals surface area contributed by atoms with Gasteiger partial charge in [0, 0.05) is 37.6 Å². The van der Waals surface area contributed by atoms with Gasteiger partial charge in [0.15, 0.2) is 0 Å². The normalized spacial score (nSPS) is 12.2. The number of pyridine rings is 1. The molecule has 1 atom stereocenters. The first kappa shape index (κ1) is 13.8. The summed E-state index contributed by atoms with van der Waals surface area (Å²) >= 11 is 0. The van der Waals surface area contributed by atoms with Gasteiger partial charge >= 0.3 is 0 Å². The van der Waals surface area contributed by atoms with Crippen LogP contribution in [0.25, 0.3) is 0 Å². The van der Waals surface area contributed by atoms with Gasteiger partial charge in [0.1, 0.15) is 5.82 Å². The van der Waals surface area contributed by atoms with Crippen LogP contribution in [0.2, 0.25) is 0 Å². The Morgan fingerprint density at radius 1 is 1.41 bits per heavy atom. The summed E-state index contributed by atoms with van der Waals surface area (Å²) in [6.07, 6.45) is 3.95. The van der Waals surface area contributed by atoms with Crippen LogP contribution in [0.1, 0.15) is 26.7 Å². The molecule has 0 bridgehead atoms. The van der Waals surface area contributed by atoms with Crippen molar-refractivity contribution in [2.24, 2.45) is 0 Å². The van der Waals surface area contributed by atoms with Gasteiger partial charge in [-0.2, -0.15) is 0 Å². The molecule has 0 spiro atoms. The average Bonchev–Trinajstić information content (AvgIpc) is 2.36. The molecule has 96 valence electrons. The molecule has 1 rings (SSSR count). The van der Waals surface area contributed by atoms with E-state index >= 15 is 0 Å². The highest BCUT2D eigenvalue weighted by molar-refractivity contribution is 5.52. The molecular formula is C13H23N3O. The minimum Gasteiger partial charge on any atom is -0.383 e.